The van der Waals surface area contributed by atoms with Crippen LogP contribution in [0.3, 0.4) is 0 Å². The summed E-state index contributed by atoms with van der Waals surface area (Å²) in [4.78, 5) is 2.33. The standard InChI is InChI=1S/C14H22FN3O/c1-2-3-12(18-8-6-17-7-9-18)10-4-5-11(15)13(16)14(10)19/h4-5,12,17,19H,2-3,6-9,16H2,1H3/t12-/m1/s1. The molecule has 1 saturated heterocycles. The molecule has 0 spiro atoms. The molecule has 1 aromatic carbocycles. The molecule has 1 fully saturated rings. The molecule has 0 amide bonds. The highest BCUT2D eigenvalue weighted by molar-refractivity contribution is 5.57. The summed E-state index contributed by atoms with van der Waals surface area (Å²) in [5, 5.41) is 13.4. The maximum absolute atomic E-state index is 13.3. The van der Waals surface area contributed by atoms with Gasteiger partial charge in [0.2, 0.25) is 0 Å². The topological polar surface area (TPSA) is 61.5 Å². The predicted octanol–water partition coefficient (Wildman–Crippen LogP) is 1.86. The van der Waals surface area contributed by atoms with Crippen LogP contribution in [0.25, 0.3) is 0 Å². The predicted molar refractivity (Wildman–Crippen MR) is 74.6 cm³/mol. The zero-order valence-corrected chi connectivity index (χ0v) is 11.3. The molecule has 0 saturated carbocycles. The molecule has 1 heterocycles. The van der Waals surface area contributed by atoms with Gasteiger partial charge in [-0.3, -0.25) is 4.90 Å². The first-order chi connectivity index (χ1) is 9.15. The second-order valence-electron chi connectivity index (χ2n) is 4.99. The van der Waals surface area contributed by atoms with Gasteiger partial charge in [0.05, 0.1) is 0 Å². The normalized spacial score (nSPS) is 18.4. The lowest BCUT2D eigenvalue weighted by molar-refractivity contribution is 0.162. The number of piperazine rings is 1. The van der Waals surface area contributed by atoms with Crippen molar-refractivity contribution in [2.45, 2.75) is 25.8 Å². The van der Waals surface area contributed by atoms with Crippen LogP contribution >= 0.6 is 0 Å². The number of hydrogen-bond acceptors (Lipinski definition) is 4. The average molecular weight is 267 g/mol. The number of nitrogens with one attached hydrogen (secondary N) is 1. The summed E-state index contributed by atoms with van der Waals surface area (Å²) in [7, 11) is 0. The maximum atomic E-state index is 13.3. The van der Waals surface area contributed by atoms with Gasteiger partial charge in [-0.15, -0.1) is 0 Å². The smallest absolute Gasteiger partial charge is 0.149 e. The van der Waals surface area contributed by atoms with E-state index in [1.807, 2.05) is 0 Å². The largest absolute Gasteiger partial charge is 0.505 e. The number of hydrogen-bond donors (Lipinski definition) is 3. The van der Waals surface area contributed by atoms with Gasteiger partial charge < -0.3 is 16.2 Å². The number of rotatable bonds is 4. The van der Waals surface area contributed by atoms with Gasteiger partial charge in [-0.2, -0.15) is 0 Å². The number of phenols is 1. The monoisotopic (exact) mass is 267 g/mol. The van der Waals surface area contributed by atoms with Crippen molar-refractivity contribution in [3.63, 3.8) is 0 Å². The van der Waals surface area contributed by atoms with Crippen molar-refractivity contribution >= 4 is 5.69 Å². The molecule has 4 nitrogen and oxygen atoms in total. The Hall–Kier alpha value is -1.33. The molecule has 5 heteroatoms. The summed E-state index contributed by atoms with van der Waals surface area (Å²) in [5.41, 5.74) is 6.18. The summed E-state index contributed by atoms with van der Waals surface area (Å²) < 4.78 is 13.3. The summed E-state index contributed by atoms with van der Waals surface area (Å²) >= 11 is 0. The number of aromatic hydroxyl groups is 1. The molecule has 19 heavy (non-hydrogen) atoms. The molecule has 106 valence electrons. The Labute approximate surface area is 113 Å². The lowest BCUT2D eigenvalue weighted by Gasteiger charge is -2.35. The highest BCUT2D eigenvalue weighted by atomic mass is 19.1. The van der Waals surface area contributed by atoms with E-state index in [-0.39, 0.29) is 17.5 Å². The van der Waals surface area contributed by atoms with Gasteiger partial charge in [0.25, 0.3) is 0 Å². The SMILES string of the molecule is CCC[C@H](c1ccc(F)c(N)c1O)N1CCNCC1. The van der Waals surface area contributed by atoms with Gasteiger partial charge in [0.1, 0.15) is 17.3 Å². The molecular formula is C14H22FN3O. The highest BCUT2D eigenvalue weighted by Crippen LogP contribution is 2.36. The quantitative estimate of drug-likeness (QED) is 0.575. The Kier molecular flexibility index (Phi) is 4.61. The third kappa shape index (κ3) is 2.98. The Bertz CT molecular complexity index is 433. The summed E-state index contributed by atoms with van der Waals surface area (Å²) in [6, 6.07) is 3.11. The van der Waals surface area contributed by atoms with Crippen LogP contribution in [0.4, 0.5) is 10.1 Å². The molecule has 2 rings (SSSR count). The summed E-state index contributed by atoms with van der Waals surface area (Å²) in [6.45, 7) is 5.86. The number of halogens is 1. The molecule has 0 radical (unpaired) electrons. The fourth-order valence-electron chi connectivity index (χ4n) is 2.67. The number of phenolic OH excluding ortho intramolecular Hbond substituents is 1. The number of benzene rings is 1. The molecule has 0 bridgehead atoms. The van der Waals surface area contributed by atoms with Gasteiger partial charge in [0.15, 0.2) is 0 Å². The van der Waals surface area contributed by atoms with Crippen molar-refractivity contribution in [3.8, 4) is 5.75 Å². The second kappa shape index (κ2) is 6.21. The van der Waals surface area contributed by atoms with E-state index in [2.05, 4.69) is 17.1 Å². The van der Waals surface area contributed by atoms with Gasteiger partial charge >= 0.3 is 0 Å². The van der Waals surface area contributed by atoms with Crippen LogP contribution in [-0.4, -0.2) is 36.2 Å². The van der Waals surface area contributed by atoms with E-state index in [1.165, 1.54) is 6.07 Å². The van der Waals surface area contributed by atoms with E-state index in [0.29, 0.717) is 0 Å². The lowest BCUT2D eigenvalue weighted by Crippen LogP contribution is -2.45. The summed E-state index contributed by atoms with van der Waals surface area (Å²) in [6.07, 6.45) is 1.93. The van der Waals surface area contributed by atoms with Crippen LogP contribution in [0.1, 0.15) is 31.4 Å². The number of nitrogen functional groups attached to an aromatic ring is 1. The first-order valence-corrected chi connectivity index (χ1v) is 6.86. The van der Waals surface area contributed by atoms with Crippen LogP contribution in [0, 0.1) is 5.82 Å². The molecule has 1 atom stereocenters. The zero-order valence-electron chi connectivity index (χ0n) is 11.3. The van der Waals surface area contributed by atoms with Crippen molar-refractivity contribution in [2.75, 3.05) is 31.9 Å². The lowest BCUT2D eigenvalue weighted by atomic mass is 9.98. The molecular weight excluding hydrogens is 245 g/mol. The molecule has 4 N–H and O–H groups in total. The highest BCUT2D eigenvalue weighted by Gasteiger charge is 2.25. The Morgan fingerprint density at radius 1 is 1.42 bits per heavy atom. The number of nitrogens with two attached hydrogens (primary N) is 1. The van der Waals surface area contributed by atoms with Crippen molar-refractivity contribution < 1.29 is 9.50 Å². The minimum atomic E-state index is -0.559. The van der Waals surface area contributed by atoms with Crippen LogP contribution in [-0.2, 0) is 0 Å². The first kappa shape index (κ1) is 14.1. The number of nitrogens with zero attached hydrogens (tertiary/aromatic N) is 1. The van der Waals surface area contributed by atoms with Gasteiger partial charge in [-0.25, -0.2) is 4.39 Å². The fraction of sp³-hybridized carbons (Fsp3) is 0.571. The van der Waals surface area contributed by atoms with Crippen LogP contribution in [0.2, 0.25) is 0 Å². The van der Waals surface area contributed by atoms with E-state index in [9.17, 15) is 9.50 Å². The maximum Gasteiger partial charge on any atom is 0.149 e. The van der Waals surface area contributed by atoms with Crippen LogP contribution in [0.15, 0.2) is 12.1 Å². The van der Waals surface area contributed by atoms with Gasteiger partial charge in [-0.1, -0.05) is 19.4 Å². The van der Waals surface area contributed by atoms with E-state index in [4.69, 9.17) is 5.73 Å². The fourth-order valence-corrected chi connectivity index (χ4v) is 2.67. The Balaban J connectivity index is 2.30. The minimum absolute atomic E-state index is 0.100. The van der Waals surface area contributed by atoms with Crippen LogP contribution in [0.5, 0.6) is 5.75 Å². The Morgan fingerprint density at radius 3 is 2.74 bits per heavy atom. The van der Waals surface area contributed by atoms with Crippen molar-refractivity contribution in [1.82, 2.24) is 10.2 Å². The molecule has 0 aliphatic carbocycles. The Morgan fingerprint density at radius 2 is 2.11 bits per heavy atom. The second-order valence-corrected chi connectivity index (χ2v) is 4.99. The molecule has 0 aromatic heterocycles. The average Bonchev–Trinajstić information content (AvgIpc) is 2.44. The third-order valence-corrected chi connectivity index (χ3v) is 3.71. The first-order valence-electron chi connectivity index (χ1n) is 6.86. The van der Waals surface area contributed by atoms with E-state index in [1.54, 1.807) is 6.07 Å². The van der Waals surface area contributed by atoms with E-state index >= 15 is 0 Å². The van der Waals surface area contributed by atoms with Crippen molar-refractivity contribution in [2.24, 2.45) is 0 Å². The molecule has 1 aliphatic heterocycles. The van der Waals surface area contributed by atoms with Gasteiger partial charge in [-0.05, 0) is 12.5 Å². The van der Waals surface area contributed by atoms with Crippen LogP contribution < -0.4 is 11.1 Å². The molecule has 0 unspecified atom stereocenters. The number of anilines is 1. The van der Waals surface area contributed by atoms with E-state index < -0.39 is 5.82 Å². The zero-order chi connectivity index (χ0) is 13.8. The summed E-state index contributed by atoms with van der Waals surface area (Å²) in [5.74, 6) is -0.659. The van der Waals surface area contributed by atoms with Gasteiger partial charge in [0, 0.05) is 37.8 Å². The van der Waals surface area contributed by atoms with Crippen molar-refractivity contribution in [3.05, 3.63) is 23.5 Å². The molecule has 1 aliphatic rings. The van der Waals surface area contributed by atoms with Crippen molar-refractivity contribution in [1.29, 1.82) is 0 Å². The molecule has 1 aromatic rings. The third-order valence-electron chi connectivity index (χ3n) is 3.71. The van der Waals surface area contributed by atoms with E-state index in [0.717, 1.165) is 44.6 Å². The minimum Gasteiger partial charge on any atom is -0.505 e.